The van der Waals surface area contributed by atoms with Crippen LogP contribution in [0.3, 0.4) is 0 Å². The summed E-state index contributed by atoms with van der Waals surface area (Å²) in [5.41, 5.74) is 2.53. The summed E-state index contributed by atoms with van der Waals surface area (Å²) in [5, 5.41) is 10.5. The van der Waals surface area contributed by atoms with Crippen LogP contribution in [0.2, 0.25) is 0 Å². The normalized spacial score (nSPS) is 28.8. The smallest absolute Gasteiger partial charge is 0.247 e. The lowest BCUT2D eigenvalue weighted by Crippen LogP contribution is -2.54. The number of hydrogen-bond donors (Lipinski definition) is 1. The molecule has 4 aliphatic rings. The minimum absolute atomic E-state index is 0.115. The summed E-state index contributed by atoms with van der Waals surface area (Å²) in [7, 11) is 0. The molecule has 2 fully saturated rings. The number of fused-ring (bicyclic) bond motifs is 2. The van der Waals surface area contributed by atoms with E-state index >= 15 is 0 Å². The lowest BCUT2D eigenvalue weighted by atomic mass is 9.78. The zero-order chi connectivity index (χ0) is 29.6. The number of nitrogens with zero attached hydrogens (tertiary/aromatic N) is 3. The molecule has 7 nitrogen and oxygen atoms in total. The second kappa shape index (κ2) is 11.2. The second-order valence-electron chi connectivity index (χ2n) is 11.5. The molecule has 3 amide bonds. The van der Waals surface area contributed by atoms with E-state index in [1.54, 1.807) is 26.5 Å². The van der Waals surface area contributed by atoms with Crippen LogP contribution in [0.5, 0.6) is 0 Å². The van der Waals surface area contributed by atoms with Crippen molar-refractivity contribution >= 4 is 35.2 Å². The summed E-state index contributed by atoms with van der Waals surface area (Å²) in [5.74, 6) is -1.96. The lowest BCUT2D eigenvalue weighted by molar-refractivity contribution is -0.146. The Hall–Kier alpha value is -4.14. The molecule has 0 aliphatic carbocycles. The first-order valence-electron chi connectivity index (χ1n) is 14.7. The summed E-state index contributed by atoms with van der Waals surface area (Å²) >= 11 is 1.55. The van der Waals surface area contributed by atoms with Crippen molar-refractivity contribution in [1.29, 1.82) is 0 Å². The zero-order valence-electron chi connectivity index (χ0n) is 23.6. The second-order valence-corrected chi connectivity index (χ2v) is 13.0. The number of hydrogen-bond acceptors (Lipinski definition) is 5. The lowest BCUT2D eigenvalue weighted by Gasteiger charge is -2.38. The fourth-order valence-corrected chi connectivity index (χ4v) is 9.27. The predicted molar refractivity (Wildman–Crippen MR) is 167 cm³/mol. The molecule has 0 radical (unpaired) electrons. The summed E-state index contributed by atoms with van der Waals surface area (Å²) in [4.78, 5) is 49.1. The SMILES string of the molecule is O=C1C2N([C@H](CO)c3ccccc3)C(=O)[C@@H]3[C@@H]4C(=O)N(c5ccccc5)CC=C[C@@H]4S[C@]23C=CCN1Cc1ccccc1. The molecule has 1 spiro atoms. The topological polar surface area (TPSA) is 81.2 Å². The average Bonchev–Trinajstić information content (AvgIpc) is 3.36. The van der Waals surface area contributed by atoms with Crippen molar-refractivity contribution in [2.45, 2.75) is 28.6 Å². The molecule has 7 rings (SSSR count). The van der Waals surface area contributed by atoms with E-state index in [1.165, 1.54) is 0 Å². The summed E-state index contributed by atoms with van der Waals surface area (Å²) in [6.45, 7) is 0.871. The number of aliphatic hydroxyl groups is 1. The van der Waals surface area contributed by atoms with Crippen molar-refractivity contribution in [3.63, 3.8) is 0 Å². The first-order chi connectivity index (χ1) is 21.0. The third-order valence-electron chi connectivity index (χ3n) is 9.16. The number of para-hydroxylation sites is 1. The Balaban J connectivity index is 1.34. The number of carbonyl (C=O) groups is 3. The molecule has 0 saturated carbocycles. The molecule has 43 heavy (non-hydrogen) atoms. The molecular formula is C35H33N3O4S. The molecule has 3 aromatic carbocycles. The zero-order valence-corrected chi connectivity index (χ0v) is 24.4. The molecule has 0 bridgehead atoms. The fraction of sp³-hybridized carbons (Fsp3) is 0.286. The molecule has 8 heteroatoms. The molecule has 1 unspecified atom stereocenters. The molecule has 3 aromatic rings. The van der Waals surface area contributed by atoms with Gasteiger partial charge in [-0.1, -0.05) is 103 Å². The van der Waals surface area contributed by atoms with Gasteiger partial charge in [-0.3, -0.25) is 14.4 Å². The summed E-state index contributed by atoms with van der Waals surface area (Å²) in [6, 6.07) is 27.1. The maximum absolute atomic E-state index is 14.8. The number of benzene rings is 3. The van der Waals surface area contributed by atoms with Crippen LogP contribution < -0.4 is 4.90 Å². The van der Waals surface area contributed by atoms with Gasteiger partial charge in [-0.05, 0) is 23.3 Å². The highest BCUT2D eigenvalue weighted by atomic mass is 32.2. The van der Waals surface area contributed by atoms with Gasteiger partial charge < -0.3 is 19.8 Å². The van der Waals surface area contributed by atoms with Crippen molar-refractivity contribution in [3.05, 3.63) is 126 Å². The standard InChI is InChI=1S/C35H33N3O4S/c39-23-27(25-14-6-2-7-15-25)38-31-34(42)36(22-24-12-4-1-5-13-24)20-11-19-35(31)30(33(38)41)29-28(43-35)18-10-21-37(32(29)40)26-16-8-3-9-17-26/h1-19,27-31,39H,20-23H2/t27-,28+,29-,30+,31?,35+/m1/s1. The largest absolute Gasteiger partial charge is 0.394 e. The van der Waals surface area contributed by atoms with E-state index in [1.807, 2.05) is 115 Å². The van der Waals surface area contributed by atoms with E-state index in [9.17, 15) is 19.5 Å². The van der Waals surface area contributed by atoms with Crippen LogP contribution in [0.15, 0.2) is 115 Å². The molecule has 4 aliphatic heterocycles. The van der Waals surface area contributed by atoms with Gasteiger partial charge in [-0.15, -0.1) is 11.8 Å². The molecule has 1 N–H and O–H groups in total. The van der Waals surface area contributed by atoms with E-state index in [0.29, 0.717) is 19.6 Å². The highest BCUT2D eigenvalue weighted by molar-refractivity contribution is 8.02. The number of aliphatic hydroxyl groups excluding tert-OH is 1. The third kappa shape index (κ3) is 4.51. The Morgan fingerprint density at radius 2 is 1.49 bits per heavy atom. The van der Waals surface area contributed by atoms with Gasteiger partial charge >= 0.3 is 0 Å². The Morgan fingerprint density at radius 3 is 2.19 bits per heavy atom. The van der Waals surface area contributed by atoms with Crippen LogP contribution in [-0.2, 0) is 20.9 Å². The highest BCUT2D eigenvalue weighted by Crippen LogP contribution is 2.62. The molecular weight excluding hydrogens is 558 g/mol. The Morgan fingerprint density at radius 1 is 0.814 bits per heavy atom. The van der Waals surface area contributed by atoms with Gasteiger partial charge in [0.05, 0.1) is 29.2 Å². The van der Waals surface area contributed by atoms with Crippen molar-refractivity contribution in [2.24, 2.45) is 11.8 Å². The fourth-order valence-electron chi connectivity index (χ4n) is 7.27. The third-order valence-corrected chi connectivity index (χ3v) is 10.9. The van der Waals surface area contributed by atoms with E-state index in [-0.39, 0.29) is 29.6 Å². The number of anilines is 1. The number of thioether (sulfide) groups is 1. The van der Waals surface area contributed by atoms with E-state index < -0.39 is 28.7 Å². The Kier molecular flexibility index (Phi) is 7.19. The minimum Gasteiger partial charge on any atom is -0.394 e. The maximum atomic E-state index is 14.8. The van der Waals surface area contributed by atoms with Gasteiger partial charge in [-0.2, -0.15) is 0 Å². The number of amides is 3. The highest BCUT2D eigenvalue weighted by Gasteiger charge is 2.71. The van der Waals surface area contributed by atoms with Crippen LogP contribution in [0.25, 0.3) is 0 Å². The van der Waals surface area contributed by atoms with Crippen LogP contribution in [0.1, 0.15) is 17.2 Å². The van der Waals surface area contributed by atoms with E-state index in [2.05, 4.69) is 0 Å². The number of carbonyl (C=O) groups excluding carboxylic acids is 3. The van der Waals surface area contributed by atoms with Crippen LogP contribution in [0, 0.1) is 11.8 Å². The van der Waals surface area contributed by atoms with Crippen molar-refractivity contribution in [1.82, 2.24) is 9.80 Å². The molecule has 0 aromatic heterocycles. The number of likely N-dealkylation sites (tertiary alicyclic amines) is 1. The van der Waals surface area contributed by atoms with Crippen LogP contribution >= 0.6 is 11.8 Å². The van der Waals surface area contributed by atoms with Gasteiger partial charge in [-0.25, -0.2) is 0 Å². The van der Waals surface area contributed by atoms with Crippen molar-refractivity contribution in [2.75, 3.05) is 24.6 Å². The van der Waals surface area contributed by atoms with Gasteiger partial charge in [0.2, 0.25) is 17.7 Å². The first-order valence-corrected chi connectivity index (χ1v) is 15.6. The van der Waals surface area contributed by atoms with Gasteiger partial charge in [0.15, 0.2) is 0 Å². The van der Waals surface area contributed by atoms with Crippen LogP contribution in [0.4, 0.5) is 5.69 Å². The first kappa shape index (κ1) is 27.7. The van der Waals surface area contributed by atoms with Gasteiger partial charge in [0.25, 0.3) is 0 Å². The average molecular weight is 592 g/mol. The Labute approximate surface area is 255 Å². The molecule has 218 valence electrons. The van der Waals surface area contributed by atoms with Gasteiger partial charge in [0, 0.05) is 30.6 Å². The quantitative estimate of drug-likeness (QED) is 0.435. The maximum Gasteiger partial charge on any atom is 0.247 e. The van der Waals surface area contributed by atoms with Crippen molar-refractivity contribution < 1.29 is 19.5 Å². The molecule has 4 heterocycles. The molecule has 2 saturated heterocycles. The monoisotopic (exact) mass is 591 g/mol. The van der Waals surface area contributed by atoms with Gasteiger partial charge in [0.1, 0.15) is 6.04 Å². The minimum atomic E-state index is -0.961. The molecule has 6 atom stereocenters. The summed E-state index contributed by atoms with van der Waals surface area (Å²) < 4.78 is -0.961. The summed E-state index contributed by atoms with van der Waals surface area (Å²) in [6.07, 6.45) is 8.06. The predicted octanol–water partition coefficient (Wildman–Crippen LogP) is 4.22. The number of rotatable bonds is 6. The van der Waals surface area contributed by atoms with Crippen LogP contribution in [-0.4, -0.2) is 68.4 Å². The van der Waals surface area contributed by atoms with E-state index in [0.717, 1.165) is 16.8 Å². The Bertz CT molecular complexity index is 1580. The van der Waals surface area contributed by atoms with Crippen molar-refractivity contribution in [3.8, 4) is 0 Å². The van der Waals surface area contributed by atoms with E-state index in [4.69, 9.17) is 0 Å².